The summed E-state index contributed by atoms with van der Waals surface area (Å²) in [7, 11) is -0.390. The monoisotopic (exact) mass is 1650 g/mol. The Hall–Kier alpha value is -8.36. The van der Waals surface area contributed by atoms with E-state index >= 15 is 0 Å². The number of halogens is 9. The van der Waals surface area contributed by atoms with Crippen molar-refractivity contribution in [2.24, 2.45) is 57.7 Å². The van der Waals surface area contributed by atoms with Crippen molar-refractivity contribution in [1.82, 2.24) is 0 Å². The predicted molar refractivity (Wildman–Crippen MR) is 412 cm³/mol. The van der Waals surface area contributed by atoms with Crippen LogP contribution in [0, 0.1) is 57.7 Å². The minimum atomic E-state index is -5.71. The molecular weight excluding hydrogens is 1540 g/mol. The van der Waals surface area contributed by atoms with Crippen LogP contribution in [0.15, 0.2) is 199 Å². The Labute approximate surface area is 672 Å². The van der Waals surface area contributed by atoms with Gasteiger partial charge in [0.1, 0.15) is 29.3 Å². The second-order valence-corrected chi connectivity index (χ2v) is 36.5. The van der Waals surface area contributed by atoms with Crippen molar-refractivity contribution < 1.29 is 111 Å². The number of carbonyl (C=O) groups is 7. The maximum atomic E-state index is 14.1. The van der Waals surface area contributed by atoms with E-state index in [1.54, 1.807) is 0 Å². The van der Waals surface area contributed by atoms with Crippen molar-refractivity contribution in [2.75, 3.05) is 13.2 Å². The number of fused-ring (bicyclic) bond motifs is 1. The fraction of sp³-hybridized carbons (Fsp3) is 0.517. The minimum Gasteiger partial charge on any atom is -0.461 e. The fourth-order valence-corrected chi connectivity index (χ4v) is 20.7. The molecule has 1 saturated heterocycles. The van der Waals surface area contributed by atoms with Gasteiger partial charge in [-0.25, -0.2) is 18.4 Å². The van der Waals surface area contributed by atoms with Gasteiger partial charge in [0.05, 0.1) is 63.1 Å². The number of ether oxygens (including phenoxy) is 8. The molecule has 115 heavy (non-hydrogen) atoms. The van der Waals surface area contributed by atoms with Gasteiger partial charge in [0.25, 0.3) is 0 Å². The molecule has 0 radical (unpaired) electrons. The molecule has 14 rings (SSSR count). The van der Waals surface area contributed by atoms with E-state index in [0.29, 0.717) is 50.5 Å². The van der Waals surface area contributed by atoms with Crippen molar-refractivity contribution in [2.45, 2.75) is 249 Å². The number of esters is 7. The summed E-state index contributed by atoms with van der Waals surface area (Å²) in [5.74, 6) is -24.3. The number of carbonyl (C=O) groups excluding carboxylic acids is 7. The molecule has 0 N–H and O–H groups in total. The number of rotatable bonds is 26. The van der Waals surface area contributed by atoms with E-state index in [9.17, 15) is 73.1 Å². The van der Waals surface area contributed by atoms with Crippen molar-refractivity contribution in [3.63, 3.8) is 0 Å². The highest BCUT2D eigenvalue weighted by Gasteiger charge is 2.72. The van der Waals surface area contributed by atoms with Crippen molar-refractivity contribution in [1.29, 1.82) is 0 Å². The zero-order chi connectivity index (χ0) is 83.7. The first kappa shape index (κ1) is 89.0. The molecule has 7 aliphatic carbocycles. The van der Waals surface area contributed by atoms with Gasteiger partial charge in [-0.05, 0) is 239 Å². The van der Waals surface area contributed by atoms with E-state index in [4.69, 9.17) is 28.4 Å². The van der Waals surface area contributed by atoms with E-state index in [1.165, 1.54) is 36.3 Å². The maximum absolute atomic E-state index is 14.1. The largest absolute Gasteiger partial charge is 0.468 e. The van der Waals surface area contributed by atoms with E-state index in [-0.39, 0.29) is 64.3 Å². The van der Waals surface area contributed by atoms with Crippen LogP contribution in [0.4, 0.5) is 39.5 Å². The van der Waals surface area contributed by atoms with E-state index < -0.39 is 131 Å². The van der Waals surface area contributed by atoms with E-state index in [0.717, 1.165) is 64.2 Å². The molecule has 0 aromatic heterocycles. The summed E-state index contributed by atoms with van der Waals surface area (Å²) < 4.78 is 163. The average molecular weight is 1650 g/mol. The standard InChI is InChI=1S/2C24H25O2S.C21H27F7O5.C20H26F2O6/c2*1-4-24(2,3)23(25)26-19-15-17-22(18-16-19)27(20-11-7-5-8-12-20)21-13-9-6-10-14-21;1-3-31-16(30)20(21(26,27)28,32-5-4-19(24,25)17(2,22)23)33-15(29)18-9-12-6-13(10-18)8-14(7-12)11-18;1-3-20(7-5-4-6-8-20)28-17(24)13-11-9-10-12(13)16(23)26-14(10)15(11)27-18(25)19(2,21)22/h2*5-18H,4H2,1-3H3;12-14H,3-11H2,1-2H3;10-15H,3-9H2,1-2H3/q2*+1;;. The molecular formula is C89H103F9O15S2+2. The molecule has 26 heteroatoms. The van der Waals surface area contributed by atoms with Crippen molar-refractivity contribution in [3.05, 3.63) is 170 Å². The van der Waals surface area contributed by atoms with Gasteiger partial charge in [0, 0.05) is 32.1 Å². The van der Waals surface area contributed by atoms with Crippen LogP contribution in [-0.2, 0) is 83.8 Å². The van der Waals surface area contributed by atoms with Gasteiger partial charge >= 0.3 is 71.5 Å². The van der Waals surface area contributed by atoms with Gasteiger partial charge < -0.3 is 37.9 Å². The first-order valence-corrected chi connectivity index (χ1v) is 41.9. The van der Waals surface area contributed by atoms with Gasteiger partial charge in [-0.2, -0.15) is 30.7 Å². The van der Waals surface area contributed by atoms with Gasteiger partial charge in [-0.3, -0.25) is 24.0 Å². The third-order valence-corrected chi connectivity index (χ3v) is 27.9. The Morgan fingerprint density at radius 3 is 1.28 bits per heavy atom. The van der Waals surface area contributed by atoms with Crippen molar-refractivity contribution >= 4 is 63.6 Å². The summed E-state index contributed by atoms with van der Waals surface area (Å²) >= 11 is 0. The van der Waals surface area contributed by atoms with Gasteiger partial charge in [0.15, 0.2) is 29.4 Å². The molecule has 1 aliphatic heterocycles. The summed E-state index contributed by atoms with van der Waals surface area (Å²) in [6.07, 6.45) is 1.45. The summed E-state index contributed by atoms with van der Waals surface area (Å²) in [5, 5.41) is 0. The lowest BCUT2D eigenvalue weighted by Crippen LogP contribution is -2.61. The van der Waals surface area contributed by atoms with E-state index in [2.05, 4.69) is 131 Å². The molecule has 7 saturated carbocycles. The summed E-state index contributed by atoms with van der Waals surface area (Å²) in [4.78, 5) is 94.7. The summed E-state index contributed by atoms with van der Waals surface area (Å²) in [6, 6.07) is 57.8. The first-order valence-electron chi connectivity index (χ1n) is 39.5. The average Bonchev–Trinajstić information content (AvgIpc) is 1.55. The van der Waals surface area contributed by atoms with Crippen molar-refractivity contribution in [3.8, 4) is 11.5 Å². The van der Waals surface area contributed by atoms with Crippen LogP contribution in [-0.4, -0.2) is 103 Å². The third-order valence-electron chi connectivity index (χ3n) is 23.5. The Balaban J connectivity index is 0.000000163. The molecule has 6 aromatic carbocycles. The van der Waals surface area contributed by atoms with Crippen LogP contribution in [0.5, 0.6) is 11.5 Å². The maximum Gasteiger partial charge on any atom is 0.468 e. The number of hydrogen-bond acceptors (Lipinski definition) is 15. The number of alkyl halides is 9. The lowest BCUT2D eigenvalue weighted by atomic mass is 9.49. The Morgan fingerprint density at radius 2 is 0.913 bits per heavy atom. The minimum absolute atomic E-state index is 0.0948. The Kier molecular flexibility index (Phi) is 28.4. The number of benzene rings is 6. The highest BCUT2D eigenvalue weighted by molar-refractivity contribution is 7.97. The van der Waals surface area contributed by atoms with Gasteiger partial charge in [0.2, 0.25) is 0 Å². The van der Waals surface area contributed by atoms with E-state index in [1.807, 2.05) is 97.0 Å². The molecule has 0 spiro atoms. The quantitative estimate of drug-likeness (QED) is 0.0124. The number of hydrogen-bond donors (Lipinski definition) is 0. The molecule has 622 valence electrons. The topological polar surface area (TPSA) is 193 Å². The summed E-state index contributed by atoms with van der Waals surface area (Å²) in [6.45, 7) is 13.0. The predicted octanol–water partition coefficient (Wildman–Crippen LogP) is 20.5. The zero-order valence-corrected chi connectivity index (χ0v) is 68.1. The lowest BCUT2D eigenvalue weighted by Gasteiger charge is -2.55. The van der Waals surface area contributed by atoms with Crippen LogP contribution in [0.25, 0.3) is 0 Å². The SMILES string of the molecule is CCC(C)(C)C(=O)Oc1ccc([S+](c2ccccc2)c2ccccc2)cc1.CCC(C)(C)C(=O)Oc1ccc([S+](c2ccccc2)c2ccccc2)cc1.CCC1(OC(=O)C2C3CC4C(OC(=O)C42)C3OC(=O)C(C)(F)F)CCCCC1.CCOC(=O)C(OCCC(F)(F)C(C)(F)F)(OC(=O)C12CC3CC(CC(C3)C1)C2)C(F)(F)F. The van der Waals surface area contributed by atoms with Crippen LogP contribution < -0.4 is 9.47 Å². The fourth-order valence-electron chi connectivity index (χ4n) is 16.6. The molecule has 15 nitrogen and oxygen atoms in total. The Bertz CT molecular complexity index is 4020. The molecule has 7 unspecified atom stereocenters. The third kappa shape index (κ3) is 20.6. The van der Waals surface area contributed by atoms with Crippen LogP contribution in [0.2, 0.25) is 0 Å². The molecule has 8 aliphatic rings. The molecule has 6 bridgehead atoms. The van der Waals surface area contributed by atoms with Crippen LogP contribution in [0.3, 0.4) is 0 Å². The molecule has 6 aromatic rings. The first-order chi connectivity index (χ1) is 54.2. The smallest absolute Gasteiger partial charge is 0.461 e. The molecule has 0 amide bonds. The molecule has 7 atom stereocenters. The molecule has 1 heterocycles. The lowest BCUT2D eigenvalue weighted by molar-refractivity contribution is -0.361. The van der Waals surface area contributed by atoms with Crippen LogP contribution in [0.1, 0.15) is 172 Å². The normalized spacial score (nSPS) is 23.6. The second kappa shape index (κ2) is 36.7. The van der Waals surface area contributed by atoms with Gasteiger partial charge in [-0.15, -0.1) is 0 Å². The summed E-state index contributed by atoms with van der Waals surface area (Å²) in [5.41, 5.74) is -2.71. The molecule has 8 fully saturated rings. The highest BCUT2D eigenvalue weighted by atomic mass is 32.2. The highest BCUT2D eigenvalue weighted by Crippen LogP contribution is 2.62. The van der Waals surface area contributed by atoms with Crippen LogP contribution >= 0.6 is 0 Å². The Morgan fingerprint density at radius 1 is 0.504 bits per heavy atom. The van der Waals surface area contributed by atoms with Gasteiger partial charge in [-0.1, -0.05) is 100.0 Å². The zero-order valence-electron chi connectivity index (χ0n) is 66.4. The second-order valence-electron chi connectivity index (χ2n) is 32.5.